The molecule has 1 fully saturated rings. The van der Waals surface area contributed by atoms with Gasteiger partial charge < -0.3 is 11.1 Å². The number of nitrogens with one attached hydrogen (secondary N) is 1. The van der Waals surface area contributed by atoms with E-state index in [4.69, 9.17) is 5.73 Å². The number of halogens is 2. The molecule has 0 heterocycles. The SMILES string of the molecule is CC(Cc1c(F)cccc1F)NC1CCCC(N)C1. The standard InChI is InChI=1S/C15H22F2N2/c1-10(19-12-5-2-4-11(18)9-12)8-13-14(16)6-3-7-15(13)17/h3,6-7,10-12,19H,2,4-5,8-9,18H2,1H3. The van der Waals surface area contributed by atoms with Crippen LogP contribution in [0.15, 0.2) is 18.2 Å². The highest BCUT2D eigenvalue weighted by Crippen LogP contribution is 2.19. The van der Waals surface area contributed by atoms with Crippen molar-refractivity contribution in [3.8, 4) is 0 Å². The summed E-state index contributed by atoms with van der Waals surface area (Å²) in [5, 5.41) is 3.44. The van der Waals surface area contributed by atoms with Gasteiger partial charge in [0.25, 0.3) is 0 Å². The van der Waals surface area contributed by atoms with Crippen LogP contribution in [0.5, 0.6) is 0 Å². The molecule has 0 aliphatic heterocycles. The predicted octanol–water partition coefficient (Wildman–Crippen LogP) is 2.76. The molecule has 19 heavy (non-hydrogen) atoms. The largest absolute Gasteiger partial charge is 0.328 e. The molecule has 0 radical (unpaired) electrons. The Labute approximate surface area is 113 Å². The molecule has 2 rings (SSSR count). The van der Waals surface area contributed by atoms with Crippen molar-refractivity contribution >= 4 is 0 Å². The van der Waals surface area contributed by atoms with Crippen LogP contribution < -0.4 is 11.1 Å². The maximum atomic E-state index is 13.6. The summed E-state index contributed by atoms with van der Waals surface area (Å²) >= 11 is 0. The van der Waals surface area contributed by atoms with Gasteiger partial charge in [-0.2, -0.15) is 0 Å². The van der Waals surface area contributed by atoms with Crippen LogP contribution in [0, 0.1) is 11.6 Å². The number of rotatable bonds is 4. The first-order chi connectivity index (χ1) is 9.06. The summed E-state index contributed by atoms with van der Waals surface area (Å²) in [5.41, 5.74) is 6.11. The van der Waals surface area contributed by atoms with E-state index in [0.717, 1.165) is 25.7 Å². The molecule has 0 saturated heterocycles. The van der Waals surface area contributed by atoms with Crippen molar-refractivity contribution in [2.75, 3.05) is 0 Å². The Kier molecular flexibility index (Phi) is 4.88. The van der Waals surface area contributed by atoms with Crippen LogP contribution in [0.2, 0.25) is 0 Å². The zero-order chi connectivity index (χ0) is 13.8. The van der Waals surface area contributed by atoms with Crippen LogP contribution >= 0.6 is 0 Å². The average molecular weight is 268 g/mol. The second-order valence-corrected chi connectivity index (χ2v) is 5.60. The monoisotopic (exact) mass is 268 g/mol. The predicted molar refractivity (Wildman–Crippen MR) is 72.9 cm³/mol. The summed E-state index contributed by atoms with van der Waals surface area (Å²) < 4.78 is 27.1. The molecule has 1 aliphatic carbocycles. The molecule has 3 N–H and O–H groups in total. The maximum absolute atomic E-state index is 13.6. The fraction of sp³-hybridized carbons (Fsp3) is 0.600. The summed E-state index contributed by atoms with van der Waals surface area (Å²) in [6, 6.07) is 4.68. The van der Waals surface area contributed by atoms with Gasteiger partial charge in [0.2, 0.25) is 0 Å². The molecule has 1 aliphatic rings. The van der Waals surface area contributed by atoms with E-state index in [-0.39, 0.29) is 17.6 Å². The van der Waals surface area contributed by atoms with Gasteiger partial charge in [-0.05, 0) is 44.7 Å². The van der Waals surface area contributed by atoms with E-state index in [0.29, 0.717) is 12.5 Å². The van der Waals surface area contributed by atoms with E-state index in [1.54, 1.807) is 0 Å². The van der Waals surface area contributed by atoms with Crippen LogP contribution in [0.1, 0.15) is 38.2 Å². The van der Waals surface area contributed by atoms with E-state index in [2.05, 4.69) is 5.32 Å². The Morgan fingerprint density at radius 1 is 1.32 bits per heavy atom. The van der Waals surface area contributed by atoms with Crippen molar-refractivity contribution in [2.24, 2.45) is 5.73 Å². The van der Waals surface area contributed by atoms with Crippen molar-refractivity contribution in [1.82, 2.24) is 5.32 Å². The first-order valence-electron chi connectivity index (χ1n) is 7.00. The van der Waals surface area contributed by atoms with Crippen molar-refractivity contribution in [3.63, 3.8) is 0 Å². The Balaban J connectivity index is 1.92. The first kappa shape index (κ1) is 14.4. The lowest BCUT2D eigenvalue weighted by Crippen LogP contribution is -2.44. The van der Waals surface area contributed by atoms with Crippen molar-refractivity contribution in [1.29, 1.82) is 0 Å². The van der Waals surface area contributed by atoms with Gasteiger partial charge in [0.15, 0.2) is 0 Å². The third-order valence-electron chi connectivity index (χ3n) is 3.81. The summed E-state index contributed by atoms with van der Waals surface area (Å²) in [7, 11) is 0. The highest BCUT2D eigenvalue weighted by atomic mass is 19.1. The molecule has 4 heteroatoms. The lowest BCUT2D eigenvalue weighted by molar-refractivity contribution is 0.314. The molecule has 0 spiro atoms. The average Bonchev–Trinajstić information content (AvgIpc) is 2.34. The Hall–Kier alpha value is -1.00. The van der Waals surface area contributed by atoms with Gasteiger partial charge in [-0.15, -0.1) is 0 Å². The van der Waals surface area contributed by atoms with Crippen LogP contribution in [0.3, 0.4) is 0 Å². The minimum atomic E-state index is -0.464. The molecule has 1 aromatic rings. The van der Waals surface area contributed by atoms with Crippen LogP contribution in [0.4, 0.5) is 8.78 Å². The normalized spacial score (nSPS) is 25.3. The second-order valence-electron chi connectivity index (χ2n) is 5.60. The minimum absolute atomic E-state index is 0.0432. The smallest absolute Gasteiger partial charge is 0.129 e. The Morgan fingerprint density at radius 2 is 2.00 bits per heavy atom. The molecule has 106 valence electrons. The van der Waals surface area contributed by atoms with E-state index < -0.39 is 11.6 Å². The van der Waals surface area contributed by atoms with Crippen molar-refractivity contribution < 1.29 is 8.78 Å². The number of benzene rings is 1. The summed E-state index contributed by atoms with van der Waals surface area (Å²) in [6.07, 6.45) is 4.61. The lowest BCUT2D eigenvalue weighted by atomic mass is 9.91. The Morgan fingerprint density at radius 3 is 2.63 bits per heavy atom. The van der Waals surface area contributed by atoms with Crippen molar-refractivity contribution in [3.05, 3.63) is 35.4 Å². The van der Waals surface area contributed by atoms with Gasteiger partial charge in [-0.3, -0.25) is 0 Å². The molecule has 1 aromatic carbocycles. The second kappa shape index (κ2) is 6.44. The summed E-state index contributed by atoms with van der Waals surface area (Å²) in [5.74, 6) is -0.928. The minimum Gasteiger partial charge on any atom is -0.328 e. The van der Waals surface area contributed by atoms with Gasteiger partial charge in [0.1, 0.15) is 11.6 Å². The quantitative estimate of drug-likeness (QED) is 0.881. The molecular weight excluding hydrogens is 246 g/mol. The highest BCUT2D eigenvalue weighted by molar-refractivity contribution is 5.20. The fourth-order valence-corrected chi connectivity index (χ4v) is 2.87. The summed E-state index contributed by atoms with van der Waals surface area (Å²) in [4.78, 5) is 0. The van der Waals surface area contributed by atoms with E-state index in [1.807, 2.05) is 6.92 Å². The molecule has 0 aromatic heterocycles. The number of nitrogens with two attached hydrogens (primary N) is 1. The number of hydrogen-bond donors (Lipinski definition) is 2. The van der Waals surface area contributed by atoms with E-state index in [1.165, 1.54) is 18.2 Å². The molecule has 3 atom stereocenters. The molecule has 0 bridgehead atoms. The van der Waals surface area contributed by atoms with Crippen LogP contribution in [-0.4, -0.2) is 18.1 Å². The van der Waals surface area contributed by atoms with Crippen LogP contribution in [0.25, 0.3) is 0 Å². The van der Waals surface area contributed by atoms with Gasteiger partial charge in [-0.1, -0.05) is 12.5 Å². The van der Waals surface area contributed by atoms with Gasteiger partial charge >= 0.3 is 0 Å². The zero-order valence-electron chi connectivity index (χ0n) is 11.3. The molecule has 1 saturated carbocycles. The van der Waals surface area contributed by atoms with Gasteiger partial charge in [0.05, 0.1) is 0 Å². The maximum Gasteiger partial charge on any atom is 0.129 e. The zero-order valence-corrected chi connectivity index (χ0v) is 11.3. The number of hydrogen-bond acceptors (Lipinski definition) is 2. The molecule has 2 nitrogen and oxygen atoms in total. The fourth-order valence-electron chi connectivity index (χ4n) is 2.87. The molecule has 0 amide bonds. The Bertz CT molecular complexity index is 402. The summed E-state index contributed by atoms with van der Waals surface area (Å²) in [6.45, 7) is 1.96. The molecule has 3 unspecified atom stereocenters. The first-order valence-corrected chi connectivity index (χ1v) is 7.00. The van der Waals surface area contributed by atoms with Crippen molar-refractivity contribution in [2.45, 2.75) is 57.2 Å². The highest BCUT2D eigenvalue weighted by Gasteiger charge is 2.21. The van der Waals surface area contributed by atoms with Gasteiger partial charge in [-0.25, -0.2) is 8.78 Å². The van der Waals surface area contributed by atoms with E-state index in [9.17, 15) is 8.78 Å². The lowest BCUT2D eigenvalue weighted by Gasteiger charge is -2.30. The third kappa shape index (κ3) is 3.98. The van der Waals surface area contributed by atoms with Crippen LogP contribution in [-0.2, 0) is 6.42 Å². The third-order valence-corrected chi connectivity index (χ3v) is 3.81. The van der Waals surface area contributed by atoms with E-state index >= 15 is 0 Å². The molecular formula is C15H22F2N2. The topological polar surface area (TPSA) is 38.0 Å². The van der Waals surface area contributed by atoms with Gasteiger partial charge in [0, 0.05) is 23.7 Å².